The third-order valence-electron chi connectivity index (χ3n) is 6.76. The van der Waals surface area contributed by atoms with Crippen molar-refractivity contribution in [2.75, 3.05) is 37.0 Å². The van der Waals surface area contributed by atoms with E-state index in [1.165, 1.54) is 11.9 Å². The van der Waals surface area contributed by atoms with Crippen LogP contribution >= 0.6 is 0 Å². The number of amides is 1. The van der Waals surface area contributed by atoms with Crippen molar-refractivity contribution in [2.45, 2.75) is 25.9 Å². The summed E-state index contributed by atoms with van der Waals surface area (Å²) in [5.41, 5.74) is 5.46. The molecular weight excluding hydrogens is 496 g/mol. The van der Waals surface area contributed by atoms with Crippen LogP contribution in [0.3, 0.4) is 0 Å². The first-order valence-corrected chi connectivity index (χ1v) is 13.0. The Labute approximate surface area is 225 Å². The maximum absolute atomic E-state index is 12.5. The molecule has 5 aromatic rings. The molecule has 39 heavy (non-hydrogen) atoms. The molecule has 0 bridgehead atoms. The fourth-order valence-electron chi connectivity index (χ4n) is 4.86. The Morgan fingerprint density at radius 1 is 1.21 bits per heavy atom. The molecule has 0 aliphatic carbocycles. The van der Waals surface area contributed by atoms with Gasteiger partial charge in [0.1, 0.15) is 18.5 Å². The van der Waals surface area contributed by atoms with Crippen molar-refractivity contribution in [3.63, 3.8) is 0 Å². The molecule has 2 aromatic carbocycles. The Balaban J connectivity index is 1.20. The van der Waals surface area contributed by atoms with E-state index in [1.54, 1.807) is 10.7 Å². The number of nitrogens with one attached hydrogen (secondary N) is 3. The second-order valence-corrected chi connectivity index (χ2v) is 9.41. The van der Waals surface area contributed by atoms with Crippen LogP contribution in [0.4, 0.5) is 22.0 Å². The van der Waals surface area contributed by atoms with Crippen LogP contribution in [0.5, 0.6) is 0 Å². The highest BCUT2D eigenvalue weighted by molar-refractivity contribution is 5.91. The number of fused-ring (bicyclic) bond motifs is 2. The van der Waals surface area contributed by atoms with Crippen molar-refractivity contribution >= 4 is 39.7 Å². The monoisotopic (exact) mass is 526 g/mol. The topological polar surface area (TPSA) is 120 Å². The van der Waals surface area contributed by atoms with Gasteiger partial charge in [0.25, 0.3) is 0 Å². The van der Waals surface area contributed by atoms with Crippen LogP contribution in [0.1, 0.15) is 18.1 Å². The maximum Gasteiger partial charge on any atom is 0.411 e. The minimum absolute atomic E-state index is 0.00675. The lowest BCUT2D eigenvalue weighted by Gasteiger charge is -2.23. The molecule has 1 amide bonds. The van der Waals surface area contributed by atoms with Crippen LogP contribution in [0.25, 0.3) is 16.4 Å². The lowest BCUT2D eigenvalue weighted by atomic mass is 10.2. The van der Waals surface area contributed by atoms with Gasteiger partial charge in [-0.25, -0.2) is 14.3 Å². The van der Waals surface area contributed by atoms with Crippen molar-refractivity contribution in [1.29, 1.82) is 0 Å². The Morgan fingerprint density at radius 3 is 2.92 bits per heavy atom. The van der Waals surface area contributed by atoms with Crippen molar-refractivity contribution in [2.24, 2.45) is 0 Å². The summed E-state index contributed by atoms with van der Waals surface area (Å²) in [6.07, 6.45) is 5.28. The highest BCUT2D eigenvalue weighted by Crippen LogP contribution is 2.30. The molecule has 1 aliphatic heterocycles. The summed E-state index contributed by atoms with van der Waals surface area (Å²) >= 11 is 0. The summed E-state index contributed by atoms with van der Waals surface area (Å²) in [7, 11) is 0. The van der Waals surface area contributed by atoms with Gasteiger partial charge in [-0.05, 0) is 30.2 Å². The number of nitrogens with zero attached hydrogens (tertiary/aromatic N) is 5. The van der Waals surface area contributed by atoms with Gasteiger partial charge in [0.15, 0.2) is 5.82 Å². The number of hydrogen-bond donors (Lipinski definition) is 3. The van der Waals surface area contributed by atoms with Crippen molar-refractivity contribution < 1.29 is 14.3 Å². The molecule has 1 saturated heterocycles. The summed E-state index contributed by atoms with van der Waals surface area (Å²) in [6, 6.07) is 16.4. The van der Waals surface area contributed by atoms with Crippen LogP contribution in [0.2, 0.25) is 0 Å². The molecule has 11 heteroatoms. The molecule has 0 radical (unpaired) electrons. The van der Waals surface area contributed by atoms with Gasteiger partial charge >= 0.3 is 6.09 Å². The van der Waals surface area contributed by atoms with Gasteiger partial charge in [-0.3, -0.25) is 10.00 Å². The first kappa shape index (κ1) is 24.8. The highest BCUT2D eigenvalue weighted by atomic mass is 16.6. The average Bonchev–Trinajstić information content (AvgIpc) is 3.53. The molecule has 0 unspecified atom stereocenters. The molecule has 11 nitrogen and oxygen atoms in total. The number of morpholine rings is 1. The summed E-state index contributed by atoms with van der Waals surface area (Å²) in [5, 5.41) is 19.6. The number of carbonyl (C=O) groups is 1. The minimum Gasteiger partial charge on any atom is -0.448 e. The van der Waals surface area contributed by atoms with E-state index in [4.69, 9.17) is 9.47 Å². The quantitative estimate of drug-likeness (QED) is 0.278. The summed E-state index contributed by atoms with van der Waals surface area (Å²) in [5.74, 6) is 0.642. The van der Waals surface area contributed by atoms with E-state index in [9.17, 15) is 4.79 Å². The minimum atomic E-state index is -0.520. The Bertz CT molecular complexity index is 1590. The predicted octanol–water partition coefficient (Wildman–Crippen LogP) is 3.97. The fourth-order valence-corrected chi connectivity index (χ4v) is 4.86. The highest BCUT2D eigenvalue weighted by Gasteiger charge is 2.19. The van der Waals surface area contributed by atoms with E-state index in [0.29, 0.717) is 37.7 Å². The smallest absolute Gasteiger partial charge is 0.411 e. The molecule has 3 N–H and O–H groups in total. The van der Waals surface area contributed by atoms with E-state index in [-0.39, 0.29) is 12.6 Å². The van der Waals surface area contributed by atoms with Crippen LogP contribution in [-0.2, 0) is 22.4 Å². The molecular formula is C28H30N8O3. The normalized spacial score (nSPS) is 15.5. The van der Waals surface area contributed by atoms with E-state index >= 15 is 0 Å². The summed E-state index contributed by atoms with van der Waals surface area (Å²) < 4.78 is 14.6. The molecule has 1 atom stereocenters. The SMILES string of the molecule is CCc1c(NC(=O)OC[C@@H]2COCCN2)cn2ncnc(Nc3ccc4c(cnn4Cc4ccccc4)c3)c12. The van der Waals surface area contributed by atoms with Gasteiger partial charge in [-0.1, -0.05) is 37.3 Å². The first-order chi connectivity index (χ1) is 19.2. The van der Waals surface area contributed by atoms with E-state index < -0.39 is 6.09 Å². The summed E-state index contributed by atoms with van der Waals surface area (Å²) in [6.45, 7) is 4.91. The van der Waals surface area contributed by atoms with Crippen LogP contribution < -0.4 is 16.0 Å². The Kier molecular flexibility index (Phi) is 7.07. The van der Waals surface area contributed by atoms with Gasteiger partial charge in [0, 0.05) is 23.2 Å². The number of carbonyl (C=O) groups excluding carboxylic acids is 1. The molecule has 6 rings (SSSR count). The van der Waals surface area contributed by atoms with Crippen molar-refractivity contribution in [1.82, 2.24) is 29.7 Å². The first-order valence-electron chi connectivity index (χ1n) is 13.0. The van der Waals surface area contributed by atoms with Crippen molar-refractivity contribution in [3.05, 3.63) is 78.4 Å². The second kappa shape index (κ2) is 11.1. The van der Waals surface area contributed by atoms with Crippen LogP contribution in [0, 0.1) is 0 Å². The average molecular weight is 527 g/mol. The van der Waals surface area contributed by atoms with E-state index in [2.05, 4.69) is 55.4 Å². The molecule has 4 heterocycles. The Morgan fingerprint density at radius 2 is 2.10 bits per heavy atom. The van der Waals surface area contributed by atoms with Gasteiger partial charge in [-0.2, -0.15) is 10.2 Å². The third kappa shape index (κ3) is 5.40. The molecule has 3 aromatic heterocycles. The number of benzene rings is 2. The largest absolute Gasteiger partial charge is 0.448 e. The number of ether oxygens (including phenoxy) is 2. The van der Waals surface area contributed by atoms with Gasteiger partial charge < -0.3 is 20.1 Å². The molecule has 200 valence electrons. The van der Waals surface area contributed by atoms with E-state index in [0.717, 1.165) is 34.2 Å². The molecule has 1 fully saturated rings. The van der Waals surface area contributed by atoms with Gasteiger partial charge in [0.2, 0.25) is 0 Å². The zero-order chi connectivity index (χ0) is 26.6. The van der Waals surface area contributed by atoms with Gasteiger partial charge in [0.05, 0.1) is 49.4 Å². The molecule has 0 spiro atoms. The fraction of sp³-hybridized carbons (Fsp3) is 0.286. The predicted molar refractivity (Wildman–Crippen MR) is 149 cm³/mol. The number of rotatable bonds is 8. The van der Waals surface area contributed by atoms with Crippen LogP contribution in [0.15, 0.2) is 67.3 Å². The van der Waals surface area contributed by atoms with Crippen molar-refractivity contribution in [3.8, 4) is 0 Å². The molecule has 1 aliphatic rings. The molecule has 0 saturated carbocycles. The Hall–Kier alpha value is -4.48. The lowest BCUT2D eigenvalue weighted by Crippen LogP contribution is -2.44. The number of aromatic nitrogens is 5. The lowest BCUT2D eigenvalue weighted by molar-refractivity contribution is 0.0494. The van der Waals surface area contributed by atoms with E-state index in [1.807, 2.05) is 42.1 Å². The summed E-state index contributed by atoms with van der Waals surface area (Å²) in [4.78, 5) is 17.1. The third-order valence-corrected chi connectivity index (χ3v) is 6.76. The number of hydrogen-bond acceptors (Lipinski definition) is 8. The zero-order valence-corrected chi connectivity index (χ0v) is 21.6. The second-order valence-electron chi connectivity index (χ2n) is 9.41. The number of anilines is 3. The maximum atomic E-state index is 12.5. The zero-order valence-electron chi connectivity index (χ0n) is 21.6. The van der Waals surface area contributed by atoms with Gasteiger partial charge in [-0.15, -0.1) is 0 Å². The number of aryl methyl sites for hydroxylation is 1. The standard InChI is InChI=1S/C28H30N8O3/c1-2-23-24(34-28(37)39-17-22-16-38-11-10-29-22)15-36-26(23)27(30-18-32-36)33-21-8-9-25-20(12-21)13-31-35(25)14-19-6-4-3-5-7-19/h3-9,12-13,15,18,22,29H,2,10-11,14,16-17H2,1H3,(H,34,37)(H,30,32,33)/t22-/m0/s1. The van der Waals surface area contributed by atoms with Crippen LogP contribution in [-0.4, -0.2) is 62.9 Å².